The summed E-state index contributed by atoms with van der Waals surface area (Å²) in [5, 5.41) is 8.70. The van der Waals surface area contributed by atoms with E-state index in [1.807, 2.05) is 0 Å². The summed E-state index contributed by atoms with van der Waals surface area (Å²) in [4.78, 5) is -0.723. The van der Waals surface area contributed by atoms with Crippen LogP contribution in [-0.4, -0.2) is 26.4 Å². The second-order valence-electron chi connectivity index (χ2n) is 3.34. The summed E-state index contributed by atoms with van der Waals surface area (Å²) in [6, 6.07) is 0.900. The lowest BCUT2D eigenvalue weighted by atomic mass is 10.1. The first kappa shape index (κ1) is 13.0. The molecular weight excluding hydrogens is 240 g/mol. The van der Waals surface area contributed by atoms with Crippen LogP contribution in [0.1, 0.15) is 11.6 Å². The topological polar surface area (TPSA) is 80.4 Å². The first-order valence-electron chi connectivity index (χ1n) is 4.33. The molecule has 0 heterocycles. The van der Waals surface area contributed by atoms with Crippen LogP contribution in [0.3, 0.4) is 0 Å². The van der Waals surface area contributed by atoms with Crippen molar-refractivity contribution >= 4 is 9.84 Å². The standard InChI is InChI=1S/C9H11F2NO3S/c1-16(14,15)7-3-2-5(6(12)4-13)8(10)9(7)11/h2-3,6,13H,4,12H2,1H3. The van der Waals surface area contributed by atoms with Gasteiger partial charge in [0, 0.05) is 11.8 Å². The zero-order chi connectivity index (χ0) is 12.5. The van der Waals surface area contributed by atoms with Gasteiger partial charge in [-0.1, -0.05) is 6.07 Å². The monoisotopic (exact) mass is 251 g/mol. The maximum absolute atomic E-state index is 13.4. The molecule has 1 aromatic carbocycles. The van der Waals surface area contributed by atoms with E-state index in [1.165, 1.54) is 0 Å². The van der Waals surface area contributed by atoms with Crippen LogP contribution >= 0.6 is 0 Å². The number of aliphatic hydroxyl groups excluding tert-OH is 1. The minimum atomic E-state index is -3.82. The lowest BCUT2D eigenvalue weighted by Gasteiger charge is -2.11. The molecule has 0 radical (unpaired) electrons. The predicted molar refractivity (Wildman–Crippen MR) is 53.5 cm³/mol. The van der Waals surface area contributed by atoms with Crippen molar-refractivity contribution in [2.45, 2.75) is 10.9 Å². The van der Waals surface area contributed by atoms with Crippen LogP contribution < -0.4 is 5.73 Å². The molecule has 7 heteroatoms. The summed E-state index contributed by atoms with van der Waals surface area (Å²) < 4.78 is 48.9. The second kappa shape index (κ2) is 4.44. The molecule has 1 atom stereocenters. The highest BCUT2D eigenvalue weighted by Gasteiger charge is 2.22. The van der Waals surface area contributed by atoms with Crippen molar-refractivity contribution in [2.75, 3.05) is 12.9 Å². The summed E-state index contributed by atoms with van der Waals surface area (Å²) in [5.74, 6) is -2.81. The molecule has 1 aromatic rings. The fraction of sp³-hybridized carbons (Fsp3) is 0.333. The molecule has 0 spiro atoms. The molecule has 0 bridgehead atoms. The van der Waals surface area contributed by atoms with Crippen molar-refractivity contribution in [3.63, 3.8) is 0 Å². The molecule has 0 fully saturated rings. The number of benzene rings is 1. The van der Waals surface area contributed by atoms with Gasteiger partial charge in [0.1, 0.15) is 4.90 Å². The SMILES string of the molecule is CS(=O)(=O)c1ccc(C(N)CO)c(F)c1F. The zero-order valence-corrected chi connectivity index (χ0v) is 9.26. The fourth-order valence-electron chi connectivity index (χ4n) is 1.22. The van der Waals surface area contributed by atoms with Crippen molar-refractivity contribution < 1.29 is 22.3 Å². The summed E-state index contributed by atoms with van der Waals surface area (Å²) in [5.41, 5.74) is 5.06. The Morgan fingerprint density at radius 1 is 1.38 bits per heavy atom. The van der Waals surface area contributed by atoms with Crippen LogP contribution in [0.5, 0.6) is 0 Å². The van der Waals surface area contributed by atoms with E-state index in [4.69, 9.17) is 10.8 Å². The molecule has 0 aliphatic heterocycles. The number of sulfone groups is 1. The van der Waals surface area contributed by atoms with E-state index in [0.717, 1.165) is 18.4 Å². The molecule has 1 unspecified atom stereocenters. The molecule has 3 N–H and O–H groups in total. The molecule has 0 saturated heterocycles. The Kier molecular flexibility index (Phi) is 3.61. The van der Waals surface area contributed by atoms with E-state index < -0.39 is 39.0 Å². The van der Waals surface area contributed by atoms with Crippen LogP contribution in [-0.2, 0) is 9.84 Å². The van der Waals surface area contributed by atoms with Gasteiger partial charge in [-0.3, -0.25) is 0 Å². The van der Waals surface area contributed by atoms with Crippen molar-refractivity contribution in [1.29, 1.82) is 0 Å². The van der Waals surface area contributed by atoms with Gasteiger partial charge in [-0.15, -0.1) is 0 Å². The molecule has 90 valence electrons. The molecule has 16 heavy (non-hydrogen) atoms. The molecular formula is C9H11F2NO3S. The Labute approximate surface area is 91.6 Å². The number of nitrogens with two attached hydrogens (primary N) is 1. The Balaban J connectivity index is 3.41. The fourth-order valence-corrected chi connectivity index (χ4v) is 1.95. The number of hydrogen-bond donors (Lipinski definition) is 2. The molecule has 0 aliphatic rings. The number of rotatable bonds is 3. The van der Waals surface area contributed by atoms with Gasteiger partial charge in [-0.25, -0.2) is 17.2 Å². The molecule has 0 saturated carbocycles. The quantitative estimate of drug-likeness (QED) is 0.812. The number of halogens is 2. The van der Waals surface area contributed by atoms with Crippen LogP contribution in [0.4, 0.5) is 8.78 Å². The maximum atomic E-state index is 13.4. The summed E-state index contributed by atoms with van der Waals surface area (Å²) in [7, 11) is -3.82. The van der Waals surface area contributed by atoms with Gasteiger partial charge < -0.3 is 10.8 Å². The smallest absolute Gasteiger partial charge is 0.178 e. The first-order chi connectivity index (χ1) is 7.29. The van der Waals surface area contributed by atoms with Crippen LogP contribution in [0.15, 0.2) is 17.0 Å². The Morgan fingerprint density at radius 2 is 1.94 bits per heavy atom. The number of aliphatic hydroxyl groups is 1. The summed E-state index contributed by atoms with van der Waals surface area (Å²) >= 11 is 0. The molecule has 0 aromatic heterocycles. The highest BCUT2D eigenvalue weighted by molar-refractivity contribution is 7.90. The Hall–Kier alpha value is -1.05. The lowest BCUT2D eigenvalue weighted by Crippen LogP contribution is -2.17. The van der Waals surface area contributed by atoms with E-state index in [0.29, 0.717) is 0 Å². The minimum absolute atomic E-state index is 0.257. The van der Waals surface area contributed by atoms with Gasteiger partial charge in [0.05, 0.1) is 12.6 Å². The zero-order valence-electron chi connectivity index (χ0n) is 8.44. The average Bonchev–Trinajstić information content (AvgIpc) is 2.19. The Morgan fingerprint density at radius 3 is 2.38 bits per heavy atom. The number of hydrogen-bond acceptors (Lipinski definition) is 4. The average molecular weight is 251 g/mol. The van der Waals surface area contributed by atoms with Gasteiger partial charge in [0.25, 0.3) is 0 Å². The van der Waals surface area contributed by atoms with E-state index in [2.05, 4.69) is 0 Å². The van der Waals surface area contributed by atoms with Crippen molar-refractivity contribution in [2.24, 2.45) is 5.73 Å². The highest BCUT2D eigenvalue weighted by atomic mass is 32.2. The second-order valence-corrected chi connectivity index (χ2v) is 5.33. The summed E-state index contributed by atoms with van der Waals surface area (Å²) in [6.45, 7) is -0.561. The van der Waals surface area contributed by atoms with Gasteiger partial charge in [0.2, 0.25) is 0 Å². The van der Waals surface area contributed by atoms with E-state index >= 15 is 0 Å². The van der Waals surface area contributed by atoms with Crippen LogP contribution in [0.2, 0.25) is 0 Å². The van der Waals surface area contributed by atoms with E-state index in [-0.39, 0.29) is 5.56 Å². The van der Waals surface area contributed by atoms with Crippen LogP contribution in [0.25, 0.3) is 0 Å². The van der Waals surface area contributed by atoms with E-state index in [9.17, 15) is 17.2 Å². The van der Waals surface area contributed by atoms with Crippen molar-refractivity contribution in [3.05, 3.63) is 29.3 Å². The third-order valence-electron chi connectivity index (χ3n) is 2.07. The van der Waals surface area contributed by atoms with Crippen molar-refractivity contribution in [1.82, 2.24) is 0 Å². The molecule has 0 amide bonds. The molecule has 1 rings (SSSR count). The largest absolute Gasteiger partial charge is 0.394 e. The summed E-state index contributed by atoms with van der Waals surface area (Å²) in [6.07, 6.45) is 0.774. The maximum Gasteiger partial charge on any atom is 0.178 e. The van der Waals surface area contributed by atoms with Gasteiger partial charge in [-0.2, -0.15) is 0 Å². The van der Waals surface area contributed by atoms with Gasteiger partial charge >= 0.3 is 0 Å². The third kappa shape index (κ3) is 2.37. The Bertz CT molecular complexity index is 502. The lowest BCUT2D eigenvalue weighted by molar-refractivity contribution is 0.264. The van der Waals surface area contributed by atoms with Gasteiger partial charge in [-0.05, 0) is 6.07 Å². The minimum Gasteiger partial charge on any atom is -0.394 e. The predicted octanol–water partition coefficient (Wildman–Crippen LogP) is 0.360. The molecule has 0 aliphatic carbocycles. The molecule has 4 nitrogen and oxygen atoms in total. The van der Waals surface area contributed by atoms with E-state index in [1.54, 1.807) is 0 Å². The first-order valence-corrected chi connectivity index (χ1v) is 6.22. The third-order valence-corrected chi connectivity index (χ3v) is 3.19. The highest BCUT2D eigenvalue weighted by Crippen LogP contribution is 2.23. The van der Waals surface area contributed by atoms with Crippen LogP contribution in [0, 0.1) is 11.6 Å². The van der Waals surface area contributed by atoms with Crippen molar-refractivity contribution in [3.8, 4) is 0 Å². The van der Waals surface area contributed by atoms with Gasteiger partial charge in [0.15, 0.2) is 21.5 Å². The normalized spacial score (nSPS) is 13.8.